The Labute approximate surface area is 83.1 Å². The molecule has 0 fully saturated rings. The molecule has 66 valence electrons. The molecular formula is C5H12N2OS3. The van der Waals surface area contributed by atoms with E-state index in [4.69, 9.17) is 0 Å². The molecule has 11 heavy (non-hydrogen) atoms. The highest BCUT2D eigenvalue weighted by Crippen LogP contribution is 2.01. The maximum Gasteiger partial charge on any atom is 0.276 e. The van der Waals surface area contributed by atoms with Gasteiger partial charge in [0.1, 0.15) is 0 Å². The average molecular weight is 212 g/mol. The zero-order valence-corrected chi connectivity index (χ0v) is 8.63. The van der Waals surface area contributed by atoms with Crippen molar-refractivity contribution in [1.82, 2.24) is 10.0 Å². The summed E-state index contributed by atoms with van der Waals surface area (Å²) in [6, 6.07) is 0. The van der Waals surface area contributed by atoms with Crippen LogP contribution in [0, 0.1) is 0 Å². The normalized spacial score (nSPS) is 12.6. The Kier molecular flexibility index (Phi) is 7.46. The van der Waals surface area contributed by atoms with E-state index >= 15 is 0 Å². The molecule has 1 amide bonds. The minimum absolute atomic E-state index is 0.110. The Hall–Kier alpha value is 0.480. The highest BCUT2D eigenvalue weighted by Gasteiger charge is 2.02. The van der Waals surface area contributed by atoms with Crippen molar-refractivity contribution < 1.29 is 4.79 Å². The predicted molar refractivity (Wildman–Crippen MR) is 56.5 cm³/mol. The number of thiol groups is 3. The minimum atomic E-state index is -0.344. The summed E-state index contributed by atoms with van der Waals surface area (Å²) in [6.45, 7) is 0.808. The van der Waals surface area contributed by atoms with Gasteiger partial charge in [0.25, 0.3) is 5.24 Å². The second kappa shape index (κ2) is 7.15. The van der Waals surface area contributed by atoms with Crippen molar-refractivity contribution in [3.63, 3.8) is 0 Å². The topological polar surface area (TPSA) is 41.1 Å². The van der Waals surface area contributed by atoms with E-state index in [1.807, 2.05) is 0 Å². The smallest absolute Gasteiger partial charge is 0.276 e. The molecule has 0 spiro atoms. The molecular weight excluding hydrogens is 200 g/mol. The third-order valence-corrected chi connectivity index (χ3v) is 1.80. The fraction of sp³-hybridized carbons (Fsp3) is 0.800. The van der Waals surface area contributed by atoms with Gasteiger partial charge in [-0.25, -0.2) is 0 Å². The molecule has 0 rings (SSSR count). The zero-order valence-electron chi connectivity index (χ0n) is 5.95. The lowest BCUT2D eigenvalue weighted by Crippen LogP contribution is -2.26. The van der Waals surface area contributed by atoms with Crippen molar-refractivity contribution in [2.45, 2.75) is 18.2 Å². The standard InChI is InChI=1S/C5H12N2OS3/c8-5(10)7-4(9)2-1-3-6-11/h4,6,9,11H,1-3H2,(H2,7,8,10). The van der Waals surface area contributed by atoms with Crippen molar-refractivity contribution in [3.05, 3.63) is 0 Å². The molecule has 1 atom stereocenters. The molecule has 0 heterocycles. The number of carbonyl (C=O) groups is 1. The van der Waals surface area contributed by atoms with Gasteiger partial charge in [-0.05, 0) is 12.8 Å². The maximum atomic E-state index is 10.4. The molecule has 2 N–H and O–H groups in total. The van der Waals surface area contributed by atoms with Gasteiger partial charge in [-0.15, -0.1) is 0 Å². The van der Waals surface area contributed by atoms with Crippen LogP contribution in [-0.4, -0.2) is 17.2 Å². The summed E-state index contributed by atoms with van der Waals surface area (Å²) in [5.41, 5.74) is 0. The summed E-state index contributed by atoms with van der Waals surface area (Å²) in [5.74, 6) is 0. The Balaban J connectivity index is 3.22. The van der Waals surface area contributed by atoms with Gasteiger partial charge in [0, 0.05) is 6.54 Å². The van der Waals surface area contributed by atoms with Gasteiger partial charge in [-0.3, -0.25) is 9.52 Å². The van der Waals surface area contributed by atoms with E-state index in [1.165, 1.54) is 0 Å². The number of nitrogens with one attached hydrogen (secondary N) is 2. The molecule has 3 nitrogen and oxygen atoms in total. The van der Waals surface area contributed by atoms with Gasteiger partial charge in [-0.1, -0.05) is 25.4 Å². The SMILES string of the molecule is O=C(S)NC(S)CCCNS. The molecule has 0 aromatic carbocycles. The van der Waals surface area contributed by atoms with Crippen LogP contribution in [0.3, 0.4) is 0 Å². The van der Waals surface area contributed by atoms with Crippen LogP contribution in [0.25, 0.3) is 0 Å². The average Bonchev–Trinajstić information content (AvgIpc) is 1.86. The van der Waals surface area contributed by atoms with E-state index in [-0.39, 0.29) is 10.6 Å². The first-order valence-electron chi connectivity index (χ1n) is 3.21. The number of carbonyl (C=O) groups excluding carboxylic acids is 1. The highest BCUT2D eigenvalue weighted by atomic mass is 32.1. The van der Waals surface area contributed by atoms with Crippen LogP contribution in [0.4, 0.5) is 4.79 Å². The summed E-state index contributed by atoms with van der Waals surface area (Å²) >= 11 is 11.5. The highest BCUT2D eigenvalue weighted by molar-refractivity contribution is 7.96. The van der Waals surface area contributed by atoms with E-state index in [0.717, 1.165) is 19.4 Å². The Morgan fingerprint density at radius 2 is 2.18 bits per heavy atom. The largest absolute Gasteiger partial charge is 0.336 e. The van der Waals surface area contributed by atoms with E-state index in [0.29, 0.717) is 0 Å². The summed E-state index contributed by atoms with van der Waals surface area (Å²) in [5, 5.41) is 2.09. The van der Waals surface area contributed by atoms with Crippen LogP contribution in [-0.2, 0) is 0 Å². The molecule has 0 saturated carbocycles. The molecule has 0 aliphatic carbocycles. The second-order valence-electron chi connectivity index (χ2n) is 2.02. The van der Waals surface area contributed by atoms with E-state index in [2.05, 4.69) is 48.1 Å². The lowest BCUT2D eigenvalue weighted by molar-refractivity contribution is 0.260. The van der Waals surface area contributed by atoms with Gasteiger partial charge in [0.2, 0.25) is 0 Å². The third kappa shape index (κ3) is 8.39. The Bertz CT molecular complexity index is 122. The lowest BCUT2D eigenvalue weighted by atomic mass is 10.3. The molecule has 0 saturated heterocycles. The van der Waals surface area contributed by atoms with E-state index in [1.54, 1.807) is 0 Å². The summed E-state index contributed by atoms with van der Waals surface area (Å²) in [6.07, 6.45) is 1.73. The second-order valence-corrected chi connectivity index (χ2v) is 3.36. The monoisotopic (exact) mass is 212 g/mol. The van der Waals surface area contributed by atoms with Crippen LogP contribution >= 0.6 is 38.1 Å². The molecule has 0 radical (unpaired) electrons. The van der Waals surface area contributed by atoms with Crippen LogP contribution in [0.15, 0.2) is 0 Å². The number of hydrogen-bond donors (Lipinski definition) is 5. The first-order valence-corrected chi connectivity index (χ1v) is 4.62. The fourth-order valence-corrected chi connectivity index (χ4v) is 1.30. The maximum absolute atomic E-state index is 10.4. The van der Waals surface area contributed by atoms with Crippen molar-refractivity contribution in [3.8, 4) is 0 Å². The quantitative estimate of drug-likeness (QED) is 0.269. The Morgan fingerprint density at radius 1 is 1.55 bits per heavy atom. The number of amides is 1. The van der Waals surface area contributed by atoms with Crippen molar-refractivity contribution in [1.29, 1.82) is 0 Å². The molecule has 0 aliphatic rings. The van der Waals surface area contributed by atoms with E-state index in [9.17, 15) is 4.79 Å². The summed E-state index contributed by atoms with van der Waals surface area (Å²) < 4.78 is 2.71. The minimum Gasteiger partial charge on any atom is -0.336 e. The van der Waals surface area contributed by atoms with Gasteiger partial charge < -0.3 is 5.32 Å². The van der Waals surface area contributed by atoms with Crippen LogP contribution in [0.1, 0.15) is 12.8 Å². The van der Waals surface area contributed by atoms with Crippen LogP contribution in [0.2, 0.25) is 0 Å². The molecule has 0 bridgehead atoms. The fourth-order valence-electron chi connectivity index (χ4n) is 0.589. The van der Waals surface area contributed by atoms with Gasteiger partial charge in [0.15, 0.2) is 0 Å². The molecule has 6 heteroatoms. The molecule has 0 aliphatic heterocycles. The molecule has 1 unspecified atom stereocenters. The first kappa shape index (κ1) is 11.5. The van der Waals surface area contributed by atoms with Crippen molar-refractivity contribution in [2.75, 3.05) is 6.54 Å². The van der Waals surface area contributed by atoms with Gasteiger partial charge in [-0.2, -0.15) is 12.6 Å². The van der Waals surface area contributed by atoms with Crippen molar-refractivity contribution in [2.24, 2.45) is 0 Å². The number of hydrogen-bond acceptors (Lipinski definition) is 4. The molecule has 0 aromatic heterocycles. The van der Waals surface area contributed by atoms with Gasteiger partial charge in [0.05, 0.1) is 5.37 Å². The number of rotatable bonds is 5. The predicted octanol–water partition coefficient (Wildman–Crippen LogP) is 1.10. The third-order valence-electron chi connectivity index (χ3n) is 1.06. The van der Waals surface area contributed by atoms with Crippen LogP contribution < -0.4 is 10.0 Å². The summed E-state index contributed by atoms with van der Waals surface area (Å²) in [7, 11) is 0. The van der Waals surface area contributed by atoms with E-state index < -0.39 is 0 Å². The first-order chi connectivity index (χ1) is 5.16. The Morgan fingerprint density at radius 3 is 2.64 bits per heavy atom. The van der Waals surface area contributed by atoms with Gasteiger partial charge >= 0.3 is 0 Å². The van der Waals surface area contributed by atoms with Crippen LogP contribution in [0.5, 0.6) is 0 Å². The zero-order chi connectivity index (χ0) is 8.69. The van der Waals surface area contributed by atoms with Crippen molar-refractivity contribution >= 4 is 43.3 Å². The summed E-state index contributed by atoms with van der Waals surface area (Å²) in [4.78, 5) is 10.4. The lowest BCUT2D eigenvalue weighted by Gasteiger charge is -2.09. The molecule has 0 aromatic rings.